The van der Waals surface area contributed by atoms with Crippen molar-refractivity contribution in [2.75, 3.05) is 46.4 Å². The quantitative estimate of drug-likeness (QED) is 0.313. The van der Waals surface area contributed by atoms with Gasteiger partial charge in [0.1, 0.15) is 18.9 Å². The molecular formula is C23H37IN2O3S. The van der Waals surface area contributed by atoms with Crippen LogP contribution in [0.4, 0.5) is 0 Å². The summed E-state index contributed by atoms with van der Waals surface area (Å²) in [5.41, 5.74) is 1.18. The van der Waals surface area contributed by atoms with Gasteiger partial charge in [0.15, 0.2) is 0 Å². The molecule has 0 atom stereocenters. The van der Waals surface area contributed by atoms with Gasteiger partial charge in [0.2, 0.25) is 10.0 Å². The van der Waals surface area contributed by atoms with Crippen LogP contribution in [0, 0.1) is 6.92 Å². The average Bonchev–Trinajstić information content (AvgIpc) is 2.71. The van der Waals surface area contributed by atoms with E-state index in [1.807, 2.05) is 37.3 Å². The highest BCUT2D eigenvalue weighted by Gasteiger charge is 2.27. The molecule has 2 aromatic rings. The van der Waals surface area contributed by atoms with Gasteiger partial charge in [-0.15, -0.1) is 0 Å². The zero-order valence-electron chi connectivity index (χ0n) is 17.8. The molecule has 0 amide bonds. The van der Waals surface area contributed by atoms with E-state index in [1.165, 1.54) is 9.87 Å². The summed E-state index contributed by atoms with van der Waals surface area (Å²) in [7, 11) is -1.80. The van der Waals surface area contributed by atoms with E-state index < -0.39 is 10.0 Å². The molecule has 7 heteroatoms. The van der Waals surface area contributed by atoms with Gasteiger partial charge in [0.25, 0.3) is 0 Å². The van der Waals surface area contributed by atoms with Gasteiger partial charge in [-0.1, -0.05) is 37.8 Å². The summed E-state index contributed by atoms with van der Waals surface area (Å²) in [6, 6.07) is 16.7. The van der Waals surface area contributed by atoms with E-state index in [4.69, 9.17) is 4.74 Å². The number of halogens is 1. The molecule has 0 aliphatic carbocycles. The van der Waals surface area contributed by atoms with E-state index in [1.54, 1.807) is 31.3 Å². The summed E-state index contributed by atoms with van der Waals surface area (Å²) >= 11 is 0. The number of likely N-dealkylation sites (N-methyl/N-ethyl adjacent to an activating group) is 2. The van der Waals surface area contributed by atoms with Crippen LogP contribution >= 0.6 is 0 Å². The third kappa shape index (κ3) is 7.83. The van der Waals surface area contributed by atoms with Crippen LogP contribution in [0.1, 0.15) is 26.8 Å². The van der Waals surface area contributed by atoms with Gasteiger partial charge < -0.3 is 33.2 Å². The molecule has 30 heavy (non-hydrogen) atoms. The molecule has 0 radical (unpaired) electrons. The number of sulfonamides is 1. The highest BCUT2D eigenvalue weighted by molar-refractivity contribution is 7.89. The van der Waals surface area contributed by atoms with Crippen LogP contribution in [0.5, 0.6) is 5.75 Å². The van der Waals surface area contributed by atoms with E-state index >= 15 is 0 Å². The lowest BCUT2D eigenvalue weighted by Crippen LogP contribution is -3.00. The number of quaternary nitrogens is 1. The van der Waals surface area contributed by atoms with Crippen molar-refractivity contribution in [3.63, 3.8) is 0 Å². The number of ether oxygens (including phenoxy) is 1. The van der Waals surface area contributed by atoms with Crippen molar-refractivity contribution in [1.29, 1.82) is 0 Å². The Balaban J connectivity index is 0.00000420. The SMILES string of the molecule is C.CC[N+](CC)(CCOc1cccc(C)c1)CCN(C)S(=O)(=O)c1ccccc1.[I-]. The van der Waals surface area contributed by atoms with Crippen molar-refractivity contribution >= 4 is 10.0 Å². The van der Waals surface area contributed by atoms with Crippen LogP contribution in [0.15, 0.2) is 59.5 Å². The fourth-order valence-electron chi connectivity index (χ4n) is 3.28. The summed E-state index contributed by atoms with van der Waals surface area (Å²) in [5, 5.41) is 0. The maximum Gasteiger partial charge on any atom is 0.243 e. The molecule has 2 rings (SSSR count). The van der Waals surface area contributed by atoms with Crippen LogP contribution in [0.25, 0.3) is 0 Å². The summed E-state index contributed by atoms with van der Waals surface area (Å²) in [4.78, 5) is 0.339. The van der Waals surface area contributed by atoms with Crippen molar-refractivity contribution in [3.8, 4) is 5.75 Å². The summed E-state index contributed by atoms with van der Waals surface area (Å²) in [6.45, 7) is 10.9. The Hall–Kier alpha value is -1.16. The van der Waals surface area contributed by atoms with Crippen LogP contribution in [-0.2, 0) is 10.0 Å². The smallest absolute Gasteiger partial charge is 0.243 e. The molecule has 0 saturated heterocycles. The lowest BCUT2D eigenvalue weighted by Gasteiger charge is -2.37. The Kier molecular flexibility index (Phi) is 12.8. The first-order valence-corrected chi connectivity index (χ1v) is 11.3. The van der Waals surface area contributed by atoms with E-state index in [-0.39, 0.29) is 31.4 Å². The third-order valence-electron chi connectivity index (χ3n) is 5.51. The van der Waals surface area contributed by atoms with Crippen molar-refractivity contribution in [2.24, 2.45) is 0 Å². The number of hydrogen-bond donors (Lipinski definition) is 0. The fraction of sp³-hybridized carbons (Fsp3) is 0.478. The van der Waals surface area contributed by atoms with E-state index in [2.05, 4.69) is 13.8 Å². The van der Waals surface area contributed by atoms with Gasteiger partial charge in [-0.2, -0.15) is 4.31 Å². The van der Waals surface area contributed by atoms with E-state index in [0.717, 1.165) is 36.4 Å². The molecule has 170 valence electrons. The monoisotopic (exact) mass is 548 g/mol. The maximum atomic E-state index is 12.8. The number of nitrogens with zero attached hydrogens (tertiary/aromatic N) is 2. The molecule has 2 aromatic carbocycles. The van der Waals surface area contributed by atoms with Crippen molar-refractivity contribution in [2.45, 2.75) is 33.1 Å². The zero-order chi connectivity index (χ0) is 20.6. The molecule has 0 N–H and O–H groups in total. The van der Waals surface area contributed by atoms with Crippen molar-refractivity contribution < 1.29 is 41.6 Å². The van der Waals surface area contributed by atoms with Gasteiger partial charge in [-0.3, -0.25) is 0 Å². The third-order valence-corrected chi connectivity index (χ3v) is 7.38. The van der Waals surface area contributed by atoms with Crippen molar-refractivity contribution in [3.05, 3.63) is 60.2 Å². The molecule has 0 aliphatic heterocycles. The zero-order valence-corrected chi connectivity index (χ0v) is 20.8. The number of hydrogen-bond acceptors (Lipinski definition) is 3. The minimum atomic E-state index is -3.45. The van der Waals surface area contributed by atoms with Gasteiger partial charge >= 0.3 is 0 Å². The fourth-order valence-corrected chi connectivity index (χ4v) is 4.46. The van der Waals surface area contributed by atoms with Gasteiger partial charge in [0, 0.05) is 7.05 Å². The van der Waals surface area contributed by atoms with Gasteiger partial charge in [-0.05, 0) is 50.6 Å². The number of benzene rings is 2. The molecule has 0 aliphatic rings. The highest BCUT2D eigenvalue weighted by atomic mass is 127. The number of aryl methyl sites for hydroxylation is 1. The normalized spacial score (nSPS) is 11.5. The highest BCUT2D eigenvalue weighted by Crippen LogP contribution is 2.16. The predicted octanol–water partition coefficient (Wildman–Crippen LogP) is 1.19. The molecule has 0 heterocycles. The predicted molar refractivity (Wildman–Crippen MR) is 121 cm³/mol. The minimum absolute atomic E-state index is 0. The molecule has 0 fully saturated rings. The summed E-state index contributed by atoms with van der Waals surface area (Å²) in [5.74, 6) is 0.883. The first-order valence-electron chi connectivity index (χ1n) is 9.89. The van der Waals surface area contributed by atoms with Crippen molar-refractivity contribution in [1.82, 2.24) is 4.31 Å². The van der Waals surface area contributed by atoms with E-state index in [0.29, 0.717) is 18.0 Å². The molecule has 0 unspecified atom stereocenters. The standard InChI is InChI=1S/C22H33N2O3S.CH4.HI/c1-5-24(6-2,17-18-27-21-12-10-11-20(3)19-21)16-15-23(4)28(25,26)22-13-8-7-9-14-22;;/h7-14,19H,5-6,15-18H2,1-4H3;1H4;1H/q+1;;/p-1. The Morgan fingerprint density at radius 2 is 1.60 bits per heavy atom. The lowest BCUT2D eigenvalue weighted by molar-refractivity contribution is -0.924. The number of rotatable bonds is 11. The first-order chi connectivity index (χ1) is 13.3. The molecule has 5 nitrogen and oxygen atoms in total. The largest absolute Gasteiger partial charge is 1.00 e. The Morgan fingerprint density at radius 1 is 0.967 bits per heavy atom. The summed E-state index contributed by atoms with van der Waals surface area (Å²) in [6.07, 6.45) is 0. The van der Waals surface area contributed by atoms with Gasteiger partial charge in [0.05, 0.1) is 31.1 Å². The van der Waals surface area contributed by atoms with Crippen LogP contribution in [-0.4, -0.2) is 63.6 Å². The molecule has 0 saturated carbocycles. The van der Waals surface area contributed by atoms with Crippen LogP contribution in [0.2, 0.25) is 0 Å². The second-order valence-corrected chi connectivity index (χ2v) is 9.27. The first kappa shape index (κ1) is 28.8. The molecule has 0 aromatic heterocycles. The minimum Gasteiger partial charge on any atom is -1.00 e. The maximum absolute atomic E-state index is 12.8. The van der Waals surface area contributed by atoms with E-state index in [9.17, 15) is 8.42 Å². The second kappa shape index (κ2) is 13.3. The Morgan fingerprint density at radius 3 is 2.17 bits per heavy atom. The topological polar surface area (TPSA) is 46.6 Å². The Bertz CT molecular complexity index is 841. The molecule has 0 spiro atoms. The van der Waals surface area contributed by atoms with Crippen LogP contribution < -0.4 is 28.7 Å². The van der Waals surface area contributed by atoms with Crippen LogP contribution in [0.3, 0.4) is 0 Å². The molecule has 0 bridgehead atoms. The Labute approximate surface area is 200 Å². The average molecular weight is 549 g/mol. The lowest BCUT2D eigenvalue weighted by atomic mass is 10.2. The second-order valence-electron chi connectivity index (χ2n) is 7.23. The molecular weight excluding hydrogens is 511 g/mol. The van der Waals surface area contributed by atoms with Gasteiger partial charge in [-0.25, -0.2) is 8.42 Å². The summed E-state index contributed by atoms with van der Waals surface area (Å²) < 4.78 is 33.7.